The molecule has 1 saturated carbocycles. The first-order valence-corrected chi connectivity index (χ1v) is 10.6. The predicted octanol–water partition coefficient (Wildman–Crippen LogP) is 3.30. The second-order valence-electron chi connectivity index (χ2n) is 8.58. The highest BCUT2D eigenvalue weighted by Crippen LogP contribution is 2.30. The Balaban J connectivity index is 1.38. The number of aliphatic hydroxyl groups is 1. The third-order valence-electron chi connectivity index (χ3n) is 6.10. The topological polar surface area (TPSA) is 95.0 Å². The molecule has 0 bridgehead atoms. The summed E-state index contributed by atoms with van der Waals surface area (Å²) in [7, 11) is 0. The number of carbonyl (C=O) groups excluding carboxylic acids is 1. The number of nitrogens with zero attached hydrogens (tertiary/aromatic N) is 2. The fraction of sp³-hybridized carbons (Fsp3) is 0.455. The quantitative estimate of drug-likeness (QED) is 0.465. The molecule has 0 aliphatic heterocycles. The molecule has 7 nitrogen and oxygen atoms in total. The summed E-state index contributed by atoms with van der Waals surface area (Å²) in [6.45, 7) is 0.217. The van der Waals surface area contributed by atoms with Gasteiger partial charge in [-0.15, -0.1) is 0 Å². The number of aromatic nitrogens is 3. The molecule has 4 rings (SSSR count). The Morgan fingerprint density at radius 3 is 2.62 bits per heavy atom. The van der Waals surface area contributed by atoms with Gasteiger partial charge in [0.05, 0.1) is 17.4 Å². The van der Waals surface area contributed by atoms with Crippen molar-refractivity contribution in [3.05, 3.63) is 48.7 Å². The zero-order chi connectivity index (χ0) is 22.9. The van der Waals surface area contributed by atoms with Crippen LogP contribution in [-0.2, 0) is 0 Å². The number of benzene rings is 1. The van der Waals surface area contributed by atoms with Crippen molar-refractivity contribution in [1.29, 1.82) is 0 Å². The lowest BCUT2D eigenvalue weighted by Crippen LogP contribution is -2.53. The number of nitrogens with one attached hydrogen (secondary N) is 3. The maximum atomic E-state index is 13.1. The molecule has 3 aromatic rings. The number of aromatic amines is 1. The number of fused-ring (bicyclic) bond motifs is 1. The molecule has 0 saturated heterocycles. The van der Waals surface area contributed by atoms with E-state index in [-0.39, 0.29) is 18.0 Å². The molecule has 10 heteroatoms. The van der Waals surface area contributed by atoms with E-state index in [1.165, 1.54) is 0 Å². The van der Waals surface area contributed by atoms with Crippen molar-refractivity contribution in [1.82, 2.24) is 25.2 Å². The van der Waals surface area contributed by atoms with Crippen LogP contribution in [0.3, 0.4) is 0 Å². The van der Waals surface area contributed by atoms with Crippen LogP contribution < -0.4 is 10.6 Å². The fourth-order valence-corrected chi connectivity index (χ4v) is 4.04. The molecule has 172 valence electrons. The number of carbonyl (C=O) groups is 1. The fourth-order valence-electron chi connectivity index (χ4n) is 4.04. The minimum atomic E-state index is -4.68. The first kappa shape index (κ1) is 22.3. The number of amides is 1. The van der Waals surface area contributed by atoms with Gasteiger partial charge < -0.3 is 25.3 Å². The Morgan fingerprint density at radius 2 is 1.97 bits per heavy atom. The second kappa shape index (κ2) is 8.59. The maximum absolute atomic E-state index is 13.1. The largest absolute Gasteiger partial charge is 0.418 e. The maximum Gasteiger partial charge on any atom is 0.418 e. The van der Waals surface area contributed by atoms with Gasteiger partial charge in [0.2, 0.25) is 0 Å². The minimum absolute atomic E-state index is 0.0643. The molecule has 1 aliphatic carbocycles. The molecule has 2 aromatic heterocycles. The lowest BCUT2D eigenvalue weighted by molar-refractivity contribution is -0.250. The van der Waals surface area contributed by atoms with Crippen LogP contribution in [0.15, 0.2) is 43.1 Å². The van der Waals surface area contributed by atoms with E-state index in [0.717, 1.165) is 23.5 Å². The Morgan fingerprint density at radius 1 is 1.25 bits per heavy atom. The molecular weight excluding hydrogens is 423 g/mol. The zero-order valence-corrected chi connectivity index (χ0v) is 17.6. The van der Waals surface area contributed by atoms with Crippen molar-refractivity contribution < 1.29 is 23.1 Å². The number of rotatable bonds is 6. The van der Waals surface area contributed by atoms with Gasteiger partial charge in [-0.2, -0.15) is 13.2 Å². The molecule has 1 aliphatic rings. The van der Waals surface area contributed by atoms with Crippen molar-refractivity contribution >= 4 is 16.8 Å². The molecule has 1 fully saturated rings. The Bertz CT molecular complexity index is 1070. The van der Waals surface area contributed by atoms with Gasteiger partial charge in [-0.25, -0.2) is 4.98 Å². The van der Waals surface area contributed by atoms with Gasteiger partial charge in [0.1, 0.15) is 0 Å². The van der Waals surface area contributed by atoms with Gasteiger partial charge in [-0.05, 0) is 50.8 Å². The van der Waals surface area contributed by atoms with Gasteiger partial charge in [-0.1, -0.05) is 0 Å². The van der Waals surface area contributed by atoms with Gasteiger partial charge in [0, 0.05) is 48.3 Å². The van der Waals surface area contributed by atoms with Crippen LogP contribution in [0.4, 0.5) is 13.2 Å². The van der Waals surface area contributed by atoms with E-state index >= 15 is 0 Å². The van der Waals surface area contributed by atoms with Gasteiger partial charge in [0.15, 0.2) is 5.60 Å². The average molecular weight is 449 g/mol. The van der Waals surface area contributed by atoms with E-state index < -0.39 is 18.3 Å². The molecule has 32 heavy (non-hydrogen) atoms. The molecule has 1 unspecified atom stereocenters. The first-order chi connectivity index (χ1) is 15.1. The molecular formula is C22H26F3N5O2. The molecule has 4 N–H and O–H groups in total. The van der Waals surface area contributed by atoms with Crippen molar-refractivity contribution in [2.75, 3.05) is 6.54 Å². The van der Waals surface area contributed by atoms with Crippen LogP contribution in [0, 0.1) is 0 Å². The summed E-state index contributed by atoms with van der Waals surface area (Å²) in [6, 6.07) is 5.49. The monoisotopic (exact) mass is 449 g/mol. The van der Waals surface area contributed by atoms with E-state index in [1.807, 2.05) is 22.8 Å². The molecule has 1 atom stereocenters. The lowest BCUT2D eigenvalue weighted by atomic mass is 9.90. The highest BCUT2D eigenvalue weighted by Gasteiger charge is 2.49. The van der Waals surface area contributed by atoms with E-state index in [2.05, 4.69) is 20.6 Å². The summed E-state index contributed by atoms with van der Waals surface area (Å²) in [4.78, 5) is 20.2. The normalized spacial score (nSPS) is 21.4. The molecule has 0 radical (unpaired) electrons. The van der Waals surface area contributed by atoms with E-state index in [4.69, 9.17) is 0 Å². The van der Waals surface area contributed by atoms with Crippen LogP contribution in [0.2, 0.25) is 0 Å². The Kier molecular flexibility index (Phi) is 6.00. The lowest BCUT2D eigenvalue weighted by Gasteiger charge is -2.33. The third-order valence-corrected chi connectivity index (χ3v) is 6.10. The Labute approximate surface area is 183 Å². The third kappa shape index (κ3) is 4.66. The van der Waals surface area contributed by atoms with E-state index in [9.17, 15) is 23.1 Å². The van der Waals surface area contributed by atoms with Gasteiger partial charge in [0.25, 0.3) is 5.91 Å². The zero-order valence-electron chi connectivity index (χ0n) is 17.6. The minimum Gasteiger partial charge on any atom is -0.380 e. The van der Waals surface area contributed by atoms with Crippen LogP contribution >= 0.6 is 0 Å². The molecule has 0 spiro atoms. The number of hydrogen-bond acceptors (Lipinski definition) is 4. The smallest absolute Gasteiger partial charge is 0.380 e. The summed E-state index contributed by atoms with van der Waals surface area (Å²) in [6.07, 6.45) is 4.77. The van der Waals surface area contributed by atoms with E-state index in [1.54, 1.807) is 24.9 Å². The van der Waals surface area contributed by atoms with Crippen molar-refractivity contribution in [2.45, 2.75) is 56.5 Å². The number of H-pyrrole nitrogens is 1. The second-order valence-corrected chi connectivity index (χ2v) is 8.58. The number of alkyl halides is 3. The van der Waals surface area contributed by atoms with Crippen molar-refractivity contribution in [2.24, 2.45) is 0 Å². The molecule has 2 heterocycles. The van der Waals surface area contributed by atoms with Crippen LogP contribution in [0.25, 0.3) is 16.6 Å². The summed E-state index contributed by atoms with van der Waals surface area (Å²) < 4.78 is 40.3. The van der Waals surface area contributed by atoms with Crippen LogP contribution in [-0.4, -0.2) is 56.0 Å². The first-order valence-electron chi connectivity index (χ1n) is 10.6. The summed E-state index contributed by atoms with van der Waals surface area (Å²) in [5.74, 6) is -0.198. The predicted molar refractivity (Wildman–Crippen MR) is 114 cm³/mol. The van der Waals surface area contributed by atoms with Crippen LogP contribution in [0.1, 0.15) is 43.0 Å². The highest BCUT2D eigenvalue weighted by atomic mass is 19.4. The van der Waals surface area contributed by atoms with Crippen molar-refractivity contribution in [3.8, 4) is 5.69 Å². The van der Waals surface area contributed by atoms with E-state index in [0.29, 0.717) is 31.2 Å². The molecule has 1 aromatic carbocycles. The SMILES string of the molecule is CC(O)(CNC1CCC(NC(=O)c2cc(-n3ccnc3)cc3cc[nH]c23)CC1)C(F)(F)F. The Hall–Kier alpha value is -2.85. The average Bonchev–Trinajstić information content (AvgIpc) is 3.43. The van der Waals surface area contributed by atoms with Crippen LogP contribution in [0.5, 0.6) is 0 Å². The highest BCUT2D eigenvalue weighted by molar-refractivity contribution is 6.06. The van der Waals surface area contributed by atoms with Gasteiger partial charge in [-0.3, -0.25) is 4.79 Å². The summed E-state index contributed by atoms with van der Waals surface area (Å²) >= 11 is 0. The standard InChI is InChI=1S/C22H26F3N5O2/c1-21(32,22(23,24)25)12-28-15-2-4-16(5-3-15)29-20(31)18-11-17(30-9-8-26-13-30)10-14-6-7-27-19(14)18/h6-11,13,15-16,27-28,32H,2-5,12H2,1H3,(H,29,31). The molecule has 1 amide bonds. The summed E-state index contributed by atoms with van der Waals surface area (Å²) in [5.41, 5.74) is -0.669. The van der Waals surface area contributed by atoms with Crippen molar-refractivity contribution in [3.63, 3.8) is 0 Å². The number of halogens is 3. The number of imidazole rings is 1. The van der Waals surface area contributed by atoms with Gasteiger partial charge >= 0.3 is 6.18 Å². The summed E-state index contributed by atoms with van der Waals surface area (Å²) in [5, 5.41) is 16.4. The number of hydrogen-bond donors (Lipinski definition) is 4.